The Bertz CT molecular complexity index is 507. The normalized spacial score (nSPS) is 19.0. The number of piperidine rings is 1. The zero-order valence-corrected chi connectivity index (χ0v) is 13.7. The number of hydrogen-bond acceptors (Lipinski definition) is 2. The van der Waals surface area contributed by atoms with Gasteiger partial charge in [-0.05, 0) is 24.8 Å². The van der Waals surface area contributed by atoms with Crippen LogP contribution in [0.4, 0.5) is 0 Å². The predicted octanol–water partition coefficient (Wildman–Crippen LogP) is 3.10. The molecular formula is C17H24N2OS. The van der Waals surface area contributed by atoms with Gasteiger partial charge in [0, 0.05) is 18.5 Å². The van der Waals surface area contributed by atoms with E-state index < -0.39 is 0 Å². The lowest BCUT2D eigenvalue weighted by Crippen LogP contribution is -2.47. The smallest absolute Gasteiger partial charge is 0.230 e. The van der Waals surface area contributed by atoms with Crippen molar-refractivity contribution in [2.24, 2.45) is 11.1 Å². The van der Waals surface area contributed by atoms with Crippen LogP contribution < -0.4 is 5.73 Å². The van der Waals surface area contributed by atoms with Gasteiger partial charge in [0.2, 0.25) is 5.91 Å². The van der Waals surface area contributed by atoms with Crippen molar-refractivity contribution in [1.82, 2.24) is 4.90 Å². The Morgan fingerprint density at radius 2 is 1.90 bits per heavy atom. The zero-order valence-electron chi connectivity index (χ0n) is 12.8. The molecule has 0 aromatic heterocycles. The van der Waals surface area contributed by atoms with Gasteiger partial charge >= 0.3 is 0 Å². The Hall–Kier alpha value is -1.42. The van der Waals surface area contributed by atoms with Crippen LogP contribution in [0.2, 0.25) is 0 Å². The van der Waals surface area contributed by atoms with Crippen LogP contribution in [0.15, 0.2) is 30.3 Å². The van der Waals surface area contributed by atoms with E-state index in [2.05, 4.69) is 13.8 Å². The molecule has 1 unspecified atom stereocenters. The van der Waals surface area contributed by atoms with Crippen molar-refractivity contribution in [2.75, 3.05) is 13.1 Å². The molecule has 1 atom stereocenters. The maximum Gasteiger partial charge on any atom is 0.230 e. The highest BCUT2D eigenvalue weighted by Crippen LogP contribution is 2.33. The summed E-state index contributed by atoms with van der Waals surface area (Å²) in [7, 11) is 0. The molecule has 1 aliphatic heterocycles. The fraction of sp³-hybridized carbons (Fsp3) is 0.529. The Morgan fingerprint density at radius 3 is 2.38 bits per heavy atom. The quantitative estimate of drug-likeness (QED) is 0.870. The Morgan fingerprint density at radius 1 is 1.33 bits per heavy atom. The van der Waals surface area contributed by atoms with Crippen molar-refractivity contribution in [3.63, 3.8) is 0 Å². The second-order valence-electron chi connectivity index (χ2n) is 6.12. The number of likely N-dealkylation sites (tertiary alicyclic amines) is 1. The molecule has 1 aliphatic rings. The van der Waals surface area contributed by atoms with E-state index in [1.54, 1.807) is 0 Å². The average Bonchev–Trinajstić information content (AvgIpc) is 2.49. The summed E-state index contributed by atoms with van der Waals surface area (Å²) in [6, 6.07) is 10.0. The average molecular weight is 304 g/mol. The molecule has 0 bridgehead atoms. The maximum atomic E-state index is 12.8. The first-order valence-electron chi connectivity index (χ1n) is 7.61. The van der Waals surface area contributed by atoms with E-state index in [1.807, 2.05) is 35.2 Å². The first-order chi connectivity index (χ1) is 9.98. The number of rotatable bonds is 4. The molecule has 114 valence electrons. The van der Waals surface area contributed by atoms with Gasteiger partial charge in [-0.1, -0.05) is 56.4 Å². The summed E-state index contributed by atoms with van der Waals surface area (Å²) >= 11 is 5.16. The molecular weight excluding hydrogens is 280 g/mol. The van der Waals surface area contributed by atoms with Crippen molar-refractivity contribution in [3.05, 3.63) is 35.9 Å². The monoisotopic (exact) mass is 304 g/mol. The third-order valence-electron chi connectivity index (χ3n) is 4.68. The van der Waals surface area contributed by atoms with E-state index in [0.717, 1.165) is 37.9 Å². The minimum Gasteiger partial charge on any atom is -0.393 e. The number of nitrogens with two attached hydrogens (primary N) is 1. The van der Waals surface area contributed by atoms with Crippen molar-refractivity contribution in [2.45, 2.75) is 39.0 Å². The topological polar surface area (TPSA) is 46.3 Å². The lowest BCUT2D eigenvalue weighted by molar-refractivity contribution is -0.134. The summed E-state index contributed by atoms with van der Waals surface area (Å²) < 4.78 is 0. The molecule has 0 saturated carbocycles. The van der Waals surface area contributed by atoms with Gasteiger partial charge in [-0.15, -0.1) is 0 Å². The summed E-state index contributed by atoms with van der Waals surface area (Å²) in [5, 5.41) is 0. The maximum absolute atomic E-state index is 12.8. The molecule has 1 amide bonds. The highest BCUT2D eigenvalue weighted by molar-refractivity contribution is 7.80. The molecule has 2 N–H and O–H groups in total. The van der Waals surface area contributed by atoms with Crippen LogP contribution in [0.1, 0.15) is 44.6 Å². The van der Waals surface area contributed by atoms with E-state index in [1.165, 1.54) is 0 Å². The first-order valence-corrected chi connectivity index (χ1v) is 8.02. The second kappa shape index (κ2) is 6.56. The third kappa shape index (κ3) is 3.43. The van der Waals surface area contributed by atoms with Gasteiger partial charge in [0.15, 0.2) is 0 Å². The minimum absolute atomic E-state index is 0.0413. The van der Waals surface area contributed by atoms with E-state index in [-0.39, 0.29) is 17.2 Å². The molecule has 1 heterocycles. The van der Waals surface area contributed by atoms with Gasteiger partial charge in [-0.25, -0.2) is 0 Å². The lowest BCUT2D eigenvalue weighted by atomic mass is 9.80. The third-order valence-corrected chi connectivity index (χ3v) is 5.17. The van der Waals surface area contributed by atoms with Crippen molar-refractivity contribution >= 4 is 23.1 Å². The Kier molecular flexibility index (Phi) is 4.99. The van der Waals surface area contributed by atoms with Gasteiger partial charge < -0.3 is 10.6 Å². The van der Waals surface area contributed by atoms with Gasteiger partial charge in [0.1, 0.15) is 0 Å². The summed E-state index contributed by atoms with van der Waals surface area (Å²) in [5.41, 5.74) is 6.84. The van der Waals surface area contributed by atoms with E-state index in [0.29, 0.717) is 4.99 Å². The largest absolute Gasteiger partial charge is 0.393 e. The number of benzene rings is 1. The predicted molar refractivity (Wildman–Crippen MR) is 90.2 cm³/mol. The van der Waals surface area contributed by atoms with Crippen LogP contribution in [0.3, 0.4) is 0 Å². The molecule has 0 aliphatic carbocycles. The number of carbonyl (C=O) groups excluding carboxylic acids is 1. The van der Waals surface area contributed by atoms with Crippen molar-refractivity contribution < 1.29 is 4.79 Å². The molecule has 0 radical (unpaired) electrons. The van der Waals surface area contributed by atoms with Crippen LogP contribution in [0, 0.1) is 5.41 Å². The number of hydrogen-bond donors (Lipinski definition) is 1. The van der Waals surface area contributed by atoms with Crippen molar-refractivity contribution in [3.8, 4) is 0 Å². The standard InChI is InChI=1S/C17H24N2OS/c1-3-14(13-7-5-4-6-8-13)15(20)19-11-9-17(2,10-12-19)16(18)21/h4-8,14H,3,9-12H2,1-2H3,(H2,18,21). The summed E-state index contributed by atoms with van der Waals surface area (Å²) in [5.74, 6) is 0.189. The Balaban J connectivity index is 2.06. The molecule has 1 saturated heterocycles. The van der Waals surface area contributed by atoms with Crippen LogP contribution in [0.25, 0.3) is 0 Å². The molecule has 3 nitrogen and oxygen atoms in total. The summed E-state index contributed by atoms with van der Waals surface area (Å²) in [6.07, 6.45) is 2.55. The number of thiocarbonyl (C=S) groups is 1. The van der Waals surface area contributed by atoms with E-state index in [9.17, 15) is 4.79 Å². The molecule has 21 heavy (non-hydrogen) atoms. The lowest BCUT2D eigenvalue weighted by Gasteiger charge is -2.39. The van der Waals surface area contributed by atoms with Gasteiger partial charge in [0.05, 0.1) is 10.9 Å². The zero-order chi connectivity index (χ0) is 15.5. The fourth-order valence-electron chi connectivity index (χ4n) is 2.93. The molecule has 4 heteroatoms. The number of nitrogens with zero attached hydrogens (tertiary/aromatic N) is 1. The highest BCUT2D eigenvalue weighted by atomic mass is 32.1. The SMILES string of the molecule is CCC(C(=O)N1CCC(C)(C(N)=S)CC1)c1ccccc1. The first kappa shape index (κ1) is 16.0. The van der Waals surface area contributed by atoms with Gasteiger partial charge in [0.25, 0.3) is 0 Å². The summed E-state index contributed by atoms with van der Waals surface area (Å²) in [6.45, 7) is 5.66. The van der Waals surface area contributed by atoms with Crippen LogP contribution in [0.5, 0.6) is 0 Å². The molecule has 1 aromatic carbocycles. The number of amides is 1. The summed E-state index contributed by atoms with van der Waals surface area (Å²) in [4.78, 5) is 15.3. The van der Waals surface area contributed by atoms with Gasteiger partial charge in [-0.2, -0.15) is 0 Å². The molecule has 1 aromatic rings. The fourth-order valence-corrected chi connectivity index (χ4v) is 3.13. The van der Waals surface area contributed by atoms with E-state index in [4.69, 9.17) is 18.0 Å². The molecule has 1 fully saturated rings. The molecule has 0 spiro atoms. The van der Waals surface area contributed by atoms with Gasteiger partial charge in [-0.3, -0.25) is 4.79 Å². The van der Waals surface area contributed by atoms with Crippen LogP contribution >= 0.6 is 12.2 Å². The van der Waals surface area contributed by atoms with Crippen LogP contribution in [-0.2, 0) is 4.79 Å². The van der Waals surface area contributed by atoms with Crippen molar-refractivity contribution in [1.29, 1.82) is 0 Å². The van der Waals surface area contributed by atoms with Crippen LogP contribution in [-0.4, -0.2) is 28.9 Å². The number of carbonyl (C=O) groups is 1. The highest BCUT2D eigenvalue weighted by Gasteiger charge is 2.35. The Labute approximate surface area is 132 Å². The van der Waals surface area contributed by atoms with E-state index >= 15 is 0 Å². The second-order valence-corrected chi connectivity index (χ2v) is 6.56. The minimum atomic E-state index is -0.0967. The molecule has 2 rings (SSSR count).